The van der Waals surface area contributed by atoms with Crippen LogP contribution in [0.1, 0.15) is 59.3 Å². The topological polar surface area (TPSA) is 111 Å². The molecular formula is C54H50N10. The molecule has 2 N–H and O–H groups in total. The Morgan fingerprint density at radius 1 is 0.422 bits per heavy atom. The van der Waals surface area contributed by atoms with Crippen LogP contribution in [-0.4, -0.2) is 39.0 Å². The second-order valence-corrected chi connectivity index (χ2v) is 16.3. The van der Waals surface area contributed by atoms with Crippen LogP contribution in [0.3, 0.4) is 0 Å². The monoisotopic (exact) mass is 838 g/mol. The zero-order valence-electron chi connectivity index (χ0n) is 36.9. The zero-order chi connectivity index (χ0) is 44.2. The maximum Gasteiger partial charge on any atom is 0.225 e. The first-order chi connectivity index (χ1) is 31.2. The number of nitrogens with zero attached hydrogens (tertiary/aromatic N) is 8. The van der Waals surface area contributed by atoms with Gasteiger partial charge >= 0.3 is 0 Å². The van der Waals surface area contributed by atoms with E-state index in [2.05, 4.69) is 141 Å². The van der Waals surface area contributed by atoms with Crippen LogP contribution in [-0.2, 0) is 0 Å². The van der Waals surface area contributed by atoms with E-state index in [1.54, 1.807) is 0 Å². The Balaban J connectivity index is 0.000000162. The van der Waals surface area contributed by atoms with Crippen molar-refractivity contribution in [1.29, 1.82) is 0 Å². The molecule has 0 fully saturated rings. The molecule has 0 amide bonds. The van der Waals surface area contributed by atoms with Gasteiger partial charge in [-0.15, -0.1) is 0 Å². The van der Waals surface area contributed by atoms with E-state index < -0.39 is 0 Å². The number of rotatable bonds is 10. The summed E-state index contributed by atoms with van der Waals surface area (Å²) in [6.45, 7) is 12.6. The van der Waals surface area contributed by atoms with Gasteiger partial charge in [-0.25, -0.2) is 19.9 Å². The predicted octanol–water partition coefficient (Wildman–Crippen LogP) is 12.5. The molecule has 10 nitrogen and oxygen atoms in total. The minimum absolute atomic E-state index is 0.0675. The molecule has 0 aliphatic carbocycles. The molecule has 0 unspecified atom stereocenters. The summed E-state index contributed by atoms with van der Waals surface area (Å²) in [5.74, 6) is 2.75. The zero-order valence-corrected chi connectivity index (χ0v) is 36.9. The highest BCUT2D eigenvalue weighted by Crippen LogP contribution is 2.30. The molecule has 10 rings (SSSR count). The van der Waals surface area contributed by atoms with Gasteiger partial charge in [-0.1, -0.05) is 121 Å². The number of imidazole rings is 2. The number of aromatic nitrogens is 8. The van der Waals surface area contributed by atoms with Crippen LogP contribution in [0.15, 0.2) is 170 Å². The molecule has 0 radical (unpaired) electrons. The Morgan fingerprint density at radius 2 is 0.875 bits per heavy atom. The summed E-state index contributed by atoms with van der Waals surface area (Å²) in [5, 5.41) is 6.98. The highest BCUT2D eigenvalue weighted by atomic mass is 15.2. The van der Waals surface area contributed by atoms with Crippen molar-refractivity contribution in [2.75, 3.05) is 10.6 Å². The predicted molar refractivity (Wildman–Crippen MR) is 260 cm³/mol. The highest BCUT2D eigenvalue weighted by Gasteiger charge is 2.17. The molecule has 4 aromatic heterocycles. The first-order valence-electron chi connectivity index (χ1n) is 21.6. The van der Waals surface area contributed by atoms with Crippen molar-refractivity contribution in [3.63, 3.8) is 0 Å². The van der Waals surface area contributed by atoms with E-state index in [-0.39, 0.29) is 12.1 Å². The van der Waals surface area contributed by atoms with Crippen LogP contribution in [0, 0.1) is 27.7 Å². The number of benzene rings is 6. The van der Waals surface area contributed by atoms with Crippen LogP contribution >= 0.6 is 0 Å². The van der Waals surface area contributed by atoms with Gasteiger partial charge in [-0.3, -0.25) is 9.13 Å². The van der Waals surface area contributed by atoms with Crippen LogP contribution in [0.25, 0.3) is 56.2 Å². The molecule has 0 aliphatic rings. The lowest BCUT2D eigenvalue weighted by Crippen LogP contribution is -2.11. The number of anilines is 2. The molecule has 6 aromatic carbocycles. The molecule has 0 saturated carbocycles. The van der Waals surface area contributed by atoms with Crippen molar-refractivity contribution in [3.8, 4) is 34.2 Å². The van der Waals surface area contributed by atoms with Gasteiger partial charge in [-0.2, -0.15) is 9.97 Å². The number of hydrogen-bond donors (Lipinski definition) is 2. The van der Waals surface area contributed by atoms with E-state index in [1.165, 1.54) is 33.4 Å². The van der Waals surface area contributed by atoms with E-state index in [4.69, 9.17) is 19.9 Å². The SMILES string of the molecule is Cc1ccc2c(c1)ncn2-c1cc(-c2ccccc2C)nc(N[C@@H](C)c2ccccc2)n1.Cc1ccc2ncn(-c3cc(-c4ccccc4C)nc(N[C@@H](C)c4ccccc4)n3)c2c1. The molecule has 316 valence electrons. The third kappa shape index (κ3) is 8.98. The molecule has 64 heavy (non-hydrogen) atoms. The standard InChI is InChI=1S/2C27H25N5/c1-18-13-14-25-24(15-18)28-17-32(25)26-16-23(22-12-8-7-9-19(22)2)30-27(31-26)29-20(3)21-10-5-4-6-11-21;1-18-13-14-23-25(15-18)32(17-28-23)26-16-24(22-12-8-7-9-19(22)2)30-27(31-26)29-20(3)21-10-5-4-6-11-21/h2*4-17,20H,1-3H3,(H,29,30,31)/t2*20-/m00/s1. The summed E-state index contributed by atoms with van der Waals surface area (Å²) in [6.07, 6.45) is 3.66. The number of nitrogens with one attached hydrogen (secondary N) is 2. The average Bonchev–Trinajstić information content (AvgIpc) is 3.94. The molecule has 4 heterocycles. The fraction of sp³-hybridized carbons (Fsp3) is 0.148. The lowest BCUT2D eigenvalue weighted by molar-refractivity contribution is 0.855. The van der Waals surface area contributed by atoms with Gasteiger partial charge in [0.2, 0.25) is 11.9 Å². The Bertz CT molecular complexity index is 3210. The fourth-order valence-corrected chi connectivity index (χ4v) is 7.88. The minimum atomic E-state index is 0.0675. The van der Waals surface area contributed by atoms with Gasteiger partial charge < -0.3 is 10.6 Å². The van der Waals surface area contributed by atoms with Gasteiger partial charge in [0.15, 0.2) is 0 Å². The highest BCUT2D eigenvalue weighted by molar-refractivity contribution is 5.79. The lowest BCUT2D eigenvalue weighted by Gasteiger charge is -2.17. The third-order valence-corrected chi connectivity index (χ3v) is 11.5. The Labute approximate surface area is 373 Å². The molecule has 0 aliphatic heterocycles. The quantitative estimate of drug-likeness (QED) is 0.140. The summed E-state index contributed by atoms with van der Waals surface area (Å²) in [5.41, 5.74) is 15.0. The smallest absolute Gasteiger partial charge is 0.225 e. The molecule has 0 saturated heterocycles. The summed E-state index contributed by atoms with van der Waals surface area (Å²) in [4.78, 5) is 28.7. The molecule has 10 aromatic rings. The number of hydrogen-bond acceptors (Lipinski definition) is 8. The van der Waals surface area contributed by atoms with Crippen LogP contribution in [0.2, 0.25) is 0 Å². The second-order valence-electron chi connectivity index (χ2n) is 16.3. The van der Waals surface area contributed by atoms with Crippen molar-refractivity contribution in [1.82, 2.24) is 39.0 Å². The maximum absolute atomic E-state index is 4.88. The Kier molecular flexibility index (Phi) is 11.7. The summed E-state index contributed by atoms with van der Waals surface area (Å²) in [6, 6.07) is 54.0. The molecule has 2 atom stereocenters. The van der Waals surface area contributed by atoms with Crippen molar-refractivity contribution >= 4 is 34.0 Å². The molecule has 10 heteroatoms. The largest absolute Gasteiger partial charge is 0.348 e. The molecular weight excluding hydrogens is 789 g/mol. The Morgan fingerprint density at radius 3 is 1.41 bits per heavy atom. The molecule has 0 spiro atoms. The van der Waals surface area contributed by atoms with E-state index in [1.807, 2.05) is 101 Å². The van der Waals surface area contributed by atoms with Crippen LogP contribution in [0.5, 0.6) is 0 Å². The number of aryl methyl sites for hydroxylation is 4. The summed E-state index contributed by atoms with van der Waals surface area (Å²) in [7, 11) is 0. The molecule has 0 bridgehead atoms. The summed E-state index contributed by atoms with van der Waals surface area (Å²) >= 11 is 0. The number of fused-ring (bicyclic) bond motifs is 2. The first-order valence-corrected chi connectivity index (χ1v) is 21.6. The van der Waals surface area contributed by atoms with Crippen molar-refractivity contribution < 1.29 is 0 Å². The van der Waals surface area contributed by atoms with E-state index in [0.717, 1.165) is 56.2 Å². The van der Waals surface area contributed by atoms with E-state index in [9.17, 15) is 0 Å². The van der Waals surface area contributed by atoms with E-state index >= 15 is 0 Å². The summed E-state index contributed by atoms with van der Waals surface area (Å²) < 4.78 is 4.06. The van der Waals surface area contributed by atoms with Crippen LogP contribution < -0.4 is 10.6 Å². The third-order valence-electron chi connectivity index (χ3n) is 11.5. The average molecular weight is 839 g/mol. The minimum Gasteiger partial charge on any atom is -0.348 e. The van der Waals surface area contributed by atoms with Crippen molar-refractivity contribution in [2.45, 2.75) is 53.6 Å². The lowest BCUT2D eigenvalue weighted by atomic mass is 10.1. The van der Waals surface area contributed by atoms with Gasteiger partial charge in [-0.05, 0) is 99.2 Å². The normalized spacial score (nSPS) is 12.1. The second kappa shape index (κ2) is 18.2. The van der Waals surface area contributed by atoms with Crippen LogP contribution in [0.4, 0.5) is 11.9 Å². The van der Waals surface area contributed by atoms with Gasteiger partial charge in [0.25, 0.3) is 0 Å². The Hall–Kier alpha value is -7.98. The van der Waals surface area contributed by atoms with Crippen molar-refractivity contribution in [3.05, 3.63) is 204 Å². The van der Waals surface area contributed by atoms with Gasteiger partial charge in [0, 0.05) is 23.3 Å². The van der Waals surface area contributed by atoms with Crippen molar-refractivity contribution in [2.24, 2.45) is 0 Å². The van der Waals surface area contributed by atoms with Gasteiger partial charge in [0.1, 0.15) is 24.3 Å². The van der Waals surface area contributed by atoms with Gasteiger partial charge in [0.05, 0.1) is 45.5 Å². The first kappa shape index (κ1) is 41.4. The van der Waals surface area contributed by atoms with E-state index in [0.29, 0.717) is 11.9 Å². The maximum atomic E-state index is 4.88. The fourth-order valence-electron chi connectivity index (χ4n) is 7.88.